The van der Waals surface area contributed by atoms with Crippen molar-refractivity contribution in [3.63, 3.8) is 0 Å². The van der Waals surface area contributed by atoms with Crippen molar-refractivity contribution < 1.29 is 28.8 Å². The first-order valence-electron chi connectivity index (χ1n) is 20.1. The van der Waals surface area contributed by atoms with Gasteiger partial charge in [0, 0.05) is 51.9 Å². The summed E-state index contributed by atoms with van der Waals surface area (Å²) >= 11 is 5.94. The summed E-state index contributed by atoms with van der Waals surface area (Å²) in [4.78, 5) is 84.2. The molecule has 13 heteroatoms. The van der Waals surface area contributed by atoms with Gasteiger partial charge in [-0.3, -0.25) is 24.0 Å². The average molecular weight is 811 g/mol. The fourth-order valence-corrected chi connectivity index (χ4v) is 7.93. The third-order valence-electron chi connectivity index (χ3n) is 11.1. The Hall–Kier alpha value is -5.49. The van der Waals surface area contributed by atoms with E-state index in [0.29, 0.717) is 45.1 Å². The second-order valence-electron chi connectivity index (χ2n) is 15.2. The van der Waals surface area contributed by atoms with Crippen molar-refractivity contribution in [2.45, 2.75) is 89.4 Å². The van der Waals surface area contributed by atoms with Gasteiger partial charge < -0.3 is 31.5 Å². The van der Waals surface area contributed by atoms with Crippen molar-refractivity contribution in [1.29, 1.82) is 0 Å². The summed E-state index contributed by atoms with van der Waals surface area (Å²) in [6.07, 6.45) is 5.48. The maximum Gasteiger partial charge on any atom is 0.312 e. The van der Waals surface area contributed by atoms with Crippen LogP contribution in [0.5, 0.6) is 0 Å². The van der Waals surface area contributed by atoms with Crippen LogP contribution >= 0.6 is 11.6 Å². The molecule has 5 N–H and O–H groups in total. The molecule has 0 aromatic heterocycles. The number of primary amides is 1. The smallest absolute Gasteiger partial charge is 0.312 e. The van der Waals surface area contributed by atoms with E-state index in [0.717, 1.165) is 33.4 Å². The van der Waals surface area contributed by atoms with Crippen molar-refractivity contribution in [1.82, 2.24) is 25.8 Å². The molecule has 0 unspecified atom stereocenters. The molecule has 0 saturated carbocycles. The van der Waals surface area contributed by atoms with Crippen molar-refractivity contribution in [2.24, 2.45) is 11.7 Å². The predicted molar refractivity (Wildman–Crippen MR) is 224 cm³/mol. The third kappa shape index (κ3) is 12.0. The maximum atomic E-state index is 14.5. The second-order valence-corrected chi connectivity index (χ2v) is 15.5. The van der Waals surface area contributed by atoms with Gasteiger partial charge in [0.15, 0.2) is 5.78 Å². The van der Waals surface area contributed by atoms with Crippen LogP contribution in [0.4, 0.5) is 4.79 Å². The van der Waals surface area contributed by atoms with Gasteiger partial charge in [-0.05, 0) is 73.3 Å². The number of alkyl halides is 1. The Morgan fingerprint density at radius 3 is 2.34 bits per heavy atom. The summed E-state index contributed by atoms with van der Waals surface area (Å²) in [5, 5.41) is 8.56. The number of nitrogens with one attached hydrogen (secondary N) is 3. The minimum Gasteiger partial charge on any atom is -0.352 e. The summed E-state index contributed by atoms with van der Waals surface area (Å²) in [6.45, 7) is 2.80. The average Bonchev–Trinajstić information content (AvgIpc) is 3.65. The molecule has 1 aliphatic heterocycles. The minimum atomic E-state index is -0.999. The number of rotatable bonds is 19. The van der Waals surface area contributed by atoms with Gasteiger partial charge in [0.05, 0.1) is 6.04 Å². The van der Waals surface area contributed by atoms with E-state index in [1.165, 1.54) is 4.90 Å². The number of carbonyl (C=O) groups is 6. The molecule has 6 amide bonds. The first-order chi connectivity index (χ1) is 27.9. The Kier molecular flexibility index (Phi) is 16.0. The highest BCUT2D eigenvalue weighted by Crippen LogP contribution is 2.32. The van der Waals surface area contributed by atoms with Crippen molar-refractivity contribution in [3.05, 3.63) is 113 Å². The van der Waals surface area contributed by atoms with Gasteiger partial charge in [-0.2, -0.15) is 0 Å². The van der Waals surface area contributed by atoms with Gasteiger partial charge >= 0.3 is 6.03 Å². The molecular formula is C45H55ClN6O6. The quantitative estimate of drug-likeness (QED) is 0.0998. The van der Waals surface area contributed by atoms with E-state index in [1.807, 2.05) is 85.8 Å². The first kappa shape index (κ1) is 43.6. The van der Waals surface area contributed by atoms with E-state index in [4.69, 9.17) is 17.3 Å². The van der Waals surface area contributed by atoms with Crippen molar-refractivity contribution >= 4 is 52.6 Å². The van der Waals surface area contributed by atoms with Gasteiger partial charge in [-0.25, -0.2) is 4.79 Å². The fraction of sp³-hybridized carbons (Fsp3) is 0.422. The molecule has 0 radical (unpaired) electrons. The van der Waals surface area contributed by atoms with Crippen LogP contribution in [0.2, 0.25) is 0 Å². The minimum absolute atomic E-state index is 0.159. The zero-order valence-corrected chi connectivity index (χ0v) is 34.1. The monoisotopic (exact) mass is 810 g/mol. The van der Waals surface area contributed by atoms with Crippen LogP contribution in [0.15, 0.2) is 84.9 Å². The normalized spacial score (nSPS) is 16.2. The van der Waals surface area contributed by atoms with Crippen LogP contribution in [0.25, 0.3) is 5.57 Å². The second kappa shape index (κ2) is 21.3. The molecule has 3 aromatic rings. The summed E-state index contributed by atoms with van der Waals surface area (Å²) in [7, 11) is 1.55. The number of nitrogens with two attached hydrogens (primary N) is 1. The predicted octanol–water partition coefficient (Wildman–Crippen LogP) is 4.84. The Balaban J connectivity index is 1.38. The van der Waals surface area contributed by atoms with Crippen LogP contribution < -0.4 is 21.7 Å². The molecule has 0 spiro atoms. The Morgan fingerprint density at radius 2 is 1.62 bits per heavy atom. The maximum absolute atomic E-state index is 14.5. The number of Topliss-reactive ketones (excluding diaryl/α,β-unsaturated/α-hetero) is 1. The lowest BCUT2D eigenvalue weighted by atomic mass is 9.89. The molecule has 1 fully saturated rings. The van der Waals surface area contributed by atoms with Crippen molar-refractivity contribution in [3.8, 4) is 0 Å². The number of aryl methyl sites for hydroxylation is 1. The number of benzene rings is 3. The van der Waals surface area contributed by atoms with Gasteiger partial charge in [-0.15, -0.1) is 11.6 Å². The number of likely N-dealkylation sites (N-methyl/N-ethyl adjacent to an activating group) is 1. The number of ketones is 1. The zero-order chi connectivity index (χ0) is 41.6. The van der Waals surface area contributed by atoms with E-state index in [-0.39, 0.29) is 55.8 Å². The topological polar surface area (TPSA) is 171 Å². The van der Waals surface area contributed by atoms with Gasteiger partial charge in [0.1, 0.15) is 18.0 Å². The molecular weight excluding hydrogens is 756 g/mol. The highest BCUT2D eigenvalue weighted by atomic mass is 35.5. The number of nitrogens with zero attached hydrogens (tertiary/aromatic N) is 2. The van der Waals surface area contributed by atoms with Crippen LogP contribution in [0.3, 0.4) is 0 Å². The number of urea groups is 1. The summed E-state index contributed by atoms with van der Waals surface area (Å²) in [6, 6.07) is 21.6. The fourth-order valence-electron chi connectivity index (χ4n) is 7.75. The summed E-state index contributed by atoms with van der Waals surface area (Å²) in [5.41, 5.74) is 11.2. The lowest BCUT2D eigenvalue weighted by Gasteiger charge is -2.39. The van der Waals surface area contributed by atoms with Gasteiger partial charge in [-0.1, -0.05) is 90.5 Å². The lowest BCUT2D eigenvalue weighted by molar-refractivity contribution is -0.149. The SMILES string of the molecule is Cc1ccc(CNC(=O)[C@H](CCCNC(N)=O)CC(=O)[C@H](CC2=CCc3ccccc32)NC(=O)[C@@H]2CCCCN2C(=O)[C@H](Cc2ccccc2)N(C)C(=O)CCl)cc1. The van der Waals surface area contributed by atoms with Crippen LogP contribution in [-0.4, -0.2) is 89.4 Å². The molecule has 1 heterocycles. The van der Waals surface area contributed by atoms with Crippen LogP contribution in [-0.2, 0) is 43.4 Å². The number of hydrogen-bond donors (Lipinski definition) is 4. The molecule has 1 saturated heterocycles. The molecule has 4 atom stereocenters. The number of halogens is 1. The number of piperidine rings is 1. The van der Waals surface area contributed by atoms with E-state index in [1.54, 1.807) is 11.9 Å². The number of fused-ring (bicyclic) bond motifs is 1. The highest BCUT2D eigenvalue weighted by Gasteiger charge is 2.39. The van der Waals surface area contributed by atoms with Gasteiger partial charge in [0.25, 0.3) is 0 Å². The zero-order valence-electron chi connectivity index (χ0n) is 33.4. The number of likely N-dealkylation sites (tertiary alicyclic amines) is 1. The summed E-state index contributed by atoms with van der Waals surface area (Å²) < 4.78 is 0. The van der Waals surface area contributed by atoms with E-state index in [2.05, 4.69) is 22.0 Å². The number of hydrogen-bond acceptors (Lipinski definition) is 6. The number of carbonyl (C=O) groups excluding carboxylic acids is 6. The van der Waals surface area contributed by atoms with Crippen LogP contribution in [0, 0.1) is 12.8 Å². The molecule has 0 bridgehead atoms. The first-order valence-corrected chi connectivity index (χ1v) is 20.6. The number of amides is 6. The highest BCUT2D eigenvalue weighted by molar-refractivity contribution is 6.27. The largest absolute Gasteiger partial charge is 0.352 e. The Morgan fingerprint density at radius 1 is 0.897 bits per heavy atom. The van der Waals surface area contributed by atoms with E-state index >= 15 is 0 Å². The van der Waals surface area contributed by atoms with E-state index in [9.17, 15) is 28.8 Å². The molecule has 58 heavy (non-hydrogen) atoms. The van der Waals surface area contributed by atoms with E-state index < -0.39 is 41.9 Å². The van der Waals surface area contributed by atoms with Gasteiger partial charge in [0.2, 0.25) is 23.6 Å². The Bertz CT molecular complexity index is 1950. The Labute approximate surface area is 345 Å². The van der Waals surface area contributed by atoms with Crippen LogP contribution in [0.1, 0.15) is 72.8 Å². The standard InChI is InChI=1S/C45H55ClN6O6/c1-30-17-19-32(20-18-30)29-49-42(55)35(14-10-23-48-45(47)58)27-40(53)37(26-34-22-21-33-13-6-7-15-36(33)34)50-43(56)38-16-8-9-24-52(38)44(57)39(51(2)41(54)28-46)25-31-11-4-3-5-12-31/h3-7,11-13,15,17-20,22,35,37-39H,8-10,14,16,21,23-29H2,1-2H3,(H,49,55)(H,50,56)(H3,47,48,58)/t35-,37+,38+,39+/m1/s1. The summed E-state index contributed by atoms with van der Waals surface area (Å²) in [5.74, 6) is -2.92. The van der Waals surface area contributed by atoms with Crippen molar-refractivity contribution in [2.75, 3.05) is 26.0 Å². The lowest BCUT2D eigenvalue weighted by Crippen LogP contribution is -2.59. The number of allylic oxidation sites excluding steroid dienone is 1. The molecule has 12 nitrogen and oxygen atoms in total. The molecule has 308 valence electrons. The molecule has 3 aromatic carbocycles. The molecule has 2 aliphatic rings. The molecule has 5 rings (SSSR count). The molecule has 1 aliphatic carbocycles. The third-order valence-corrected chi connectivity index (χ3v) is 11.3.